The van der Waals surface area contributed by atoms with Gasteiger partial charge in [0.15, 0.2) is 0 Å². The molecule has 0 aliphatic heterocycles. The zero-order valence-electron chi connectivity index (χ0n) is 16.4. The minimum Gasteiger partial charge on any atom is -0.219 e. The van der Waals surface area contributed by atoms with E-state index in [9.17, 15) is 16.8 Å². The van der Waals surface area contributed by atoms with E-state index in [1.54, 1.807) is 24.3 Å². The molecule has 0 radical (unpaired) electrons. The first-order valence-corrected chi connectivity index (χ1v) is 13.1. The van der Waals surface area contributed by atoms with Crippen molar-refractivity contribution < 1.29 is 16.8 Å². The molecular formula is C24H16Cl2O4S2. The Bertz CT molecular complexity index is 1340. The zero-order valence-corrected chi connectivity index (χ0v) is 19.6. The first-order valence-electron chi connectivity index (χ1n) is 9.40. The maximum atomic E-state index is 12.8. The summed E-state index contributed by atoms with van der Waals surface area (Å²) in [5, 5.41) is 0.918. The summed E-state index contributed by atoms with van der Waals surface area (Å²) in [6.45, 7) is 0. The van der Waals surface area contributed by atoms with Crippen LogP contribution < -0.4 is 0 Å². The molecule has 0 aliphatic carbocycles. The molecule has 0 N–H and O–H groups in total. The highest BCUT2D eigenvalue weighted by molar-refractivity contribution is 7.91. The van der Waals surface area contributed by atoms with Gasteiger partial charge in [-0.3, -0.25) is 0 Å². The highest BCUT2D eigenvalue weighted by Crippen LogP contribution is 2.28. The van der Waals surface area contributed by atoms with Gasteiger partial charge in [-0.05, 0) is 83.9 Å². The second-order valence-electron chi connectivity index (χ2n) is 6.96. The molecule has 0 aromatic heterocycles. The second kappa shape index (κ2) is 8.71. The molecule has 0 atom stereocenters. The van der Waals surface area contributed by atoms with Gasteiger partial charge in [0.05, 0.1) is 19.6 Å². The third-order valence-electron chi connectivity index (χ3n) is 4.91. The molecule has 0 bridgehead atoms. The van der Waals surface area contributed by atoms with Crippen LogP contribution in [-0.4, -0.2) is 16.8 Å². The lowest BCUT2D eigenvalue weighted by molar-refractivity contribution is 0.594. The Morgan fingerprint density at radius 1 is 0.375 bits per heavy atom. The van der Waals surface area contributed by atoms with Gasteiger partial charge in [-0.2, -0.15) is 0 Å². The van der Waals surface area contributed by atoms with Crippen molar-refractivity contribution in [3.63, 3.8) is 0 Å². The van der Waals surface area contributed by atoms with Crippen molar-refractivity contribution in [3.8, 4) is 11.1 Å². The van der Waals surface area contributed by atoms with Crippen LogP contribution >= 0.6 is 23.2 Å². The first kappa shape index (κ1) is 22.6. The van der Waals surface area contributed by atoms with Crippen molar-refractivity contribution in [2.75, 3.05) is 0 Å². The van der Waals surface area contributed by atoms with Gasteiger partial charge in [0.2, 0.25) is 19.7 Å². The summed E-state index contributed by atoms with van der Waals surface area (Å²) in [6.07, 6.45) is 0. The number of sulfone groups is 2. The highest BCUT2D eigenvalue weighted by Gasteiger charge is 2.19. The summed E-state index contributed by atoms with van der Waals surface area (Å²) in [6, 6.07) is 24.8. The molecule has 8 heteroatoms. The summed E-state index contributed by atoms with van der Waals surface area (Å²) in [5.41, 5.74) is 1.52. The van der Waals surface area contributed by atoms with Crippen molar-refractivity contribution in [2.24, 2.45) is 0 Å². The number of hydrogen-bond acceptors (Lipinski definition) is 4. The molecule has 4 rings (SSSR count). The van der Waals surface area contributed by atoms with Crippen molar-refractivity contribution in [1.82, 2.24) is 0 Å². The van der Waals surface area contributed by atoms with Crippen LogP contribution in [0.1, 0.15) is 0 Å². The van der Waals surface area contributed by atoms with Crippen LogP contribution in [0.25, 0.3) is 11.1 Å². The van der Waals surface area contributed by atoms with Crippen LogP contribution in [-0.2, 0) is 19.7 Å². The summed E-state index contributed by atoms with van der Waals surface area (Å²) in [4.78, 5) is 0.633. The Hall–Kier alpha value is -2.64. The standard InChI is InChI=1S/C24H16Cl2O4S2/c25-19-5-13-23(14-6-19)31(27,28)21-9-1-17(2-10-21)18-3-11-22(12-4-18)32(29,30)24-15-7-20(26)8-16-24/h1-16H. The number of hydrogen-bond donors (Lipinski definition) is 0. The molecule has 0 amide bonds. The van der Waals surface area contributed by atoms with Crippen LogP contribution in [0.3, 0.4) is 0 Å². The van der Waals surface area contributed by atoms with Crippen LogP contribution in [0.5, 0.6) is 0 Å². The maximum Gasteiger partial charge on any atom is 0.206 e. The van der Waals surface area contributed by atoms with Gasteiger partial charge in [0.1, 0.15) is 0 Å². The second-order valence-corrected chi connectivity index (χ2v) is 11.7. The van der Waals surface area contributed by atoms with Crippen LogP contribution in [0.2, 0.25) is 10.0 Å². The molecule has 0 fully saturated rings. The summed E-state index contributed by atoms with van der Waals surface area (Å²) in [5.74, 6) is 0. The summed E-state index contributed by atoms with van der Waals surface area (Å²) < 4.78 is 51.1. The molecule has 0 saturated carbocycles. The monoisotopic (exact) mass is 502 g/mol. The Morgan fingerprint density at radius 3 is 0.844 bits per heavy atom. The lowest BCUT2D eigenvalue weighted by Crippen LogP contribution is -2.02. The van der Waals surface area contributed by atoms with E-state index < -0.39 is 19.7 Å². The molecule has 0 unspecified atom stereocenters. The lowest BCUT2D eigenvalue weighted by atomic mass is 10.1. The fourth-order valence-electron chi connectivity index (χ4n) is 3.15. The van der Waals surface area contributed by atoms with Crippen molar-refractivity contribution >= 4 is 42.9 Å². The minimum atomic E-state index is -3.66. The normalized spacial score (nSPS) is 11.9. The fraction of sp³-hybridized carbons (Fsp3) is 0. The largest absolute Gasteiger partial charge is 0.219 e. The maximum absolute atomic E-state index is 12.8. The molecule has 4 aromatic rings. The topological polar surface area (TPSA) is 68.3 Å². The van der Waals surface area contributed by atoms with Gasteiger partial charge < -0.3 is 0 Å². The van der Waals surface area contributed by atoms with E-state index in [4.69, 9.17) is 23.2 Å². The van der Waals surface area contributed by atoms with Crippen molar-refractivity contribution in [1.29, 1.82) is 0 Å². The van der Waals surface area contributed by atoms with Crippen LogP contribution in [0.15, 0.2) is 117 Å². The molecule has 0 heterocycles. The van der Waals surface area contributed by atoms with Gasteiger partial charge in [0, 0.05) is 10.0 Å². The number of halogens is 2. The molecule has 4 aromatic carbocycles. The quantitative estimate of drug-likeness (QED) is 0.319. The summed E-state index contributed by atoms with van der Waals surface area (Å²) in [7, 11) is -7.32. The van der Waals surface area contributed by atoms with Crippen molar-refractivity contribution in [3.05, 3.63) is 107 Å². The molecular weight excluding hydrogens is 487 g/mol. The number of benzene rings is 4. The van der Waals surface area contributed by atoms with Crippen LogP contribution in [0, 0.1) is 0 Å². The average molecular weight is 503 g/mol. The lowest BCUT2D eigenvalue weighted by Gasteiger charge is -2.08. The molecule has 162 valence electrons. The van der Waals surface area contributed by atoms with E-state index in [-0.39, 0.29) is 19.6 Å². The van der Waals surface area contributed by atoms with Gasteiger partial charge in [-0.25, -0.2) is 16.8 Å². The fourth-order valence-corrected chi connectivity index (χ4v) is 5.93. The Labute approximate surface area is 196 Å². The van der Waals surface area contributed by atoms with Gasteiger partial charge in [-0.1, -0.05) is 47.5 Å². The summed E-state index contributed by atoms with van der Waals surface area (Å²) >= 11 is 11.7. The Kier molecular flexibility index (Phi) is 6.14. The van der Waals surface area contributed by atoms with E-state index in [2.05, 4.69) is 0 Å². The molecule has 32 heavy (non-hydrogen) atoms. The van der Waals surface area contributed by atoms with E-state index in [1.807, 2.05) is 0 Å². The SMILES string of the molecule is O=S(=O)(c1ccc(Cl)cc1)c1ccc(-c2ccc(S(=O)(=O)c3ccc(Cl)cc3)cc2)cc1. The zero-order chi connectivity index (χ0) is 22.9. The van der Waals surface area contributed by atoms with E-state index in [0.29, 0.717) is 10.0 Å². The predicted octanol–water partition coefficient (Wildman–Crippen LogP) is 6.33. The van der Waals surface area contributed by atoms with Gasteiger partial charge in [-0.15, -0.1) is 0 Å². The molecule has 0 saturated heterocycles. The van der Waals surface area contributed by atoms with Gasteiger partial charge in [0.25, 0.3) is 0 Å². The van der Waals surface area contributed by atoms with Crippen LogP contribution in [0.4, 0.5) is 0 Å². The highest BCUT2D eigenvalue weighted by atomic mass is 35.5. The predicted molar refractivity (Wildman–Crippen MR) is 126 cm³/mol. The van der Waals surface area contributed by atoms with Crippen molar-refractivity contribution in [2.45, 2.75) is 19.6 Å². The average Bonchev–Trinajstić information content (AvgIpc) is 2.80. The Morgan fingerprint density at radius 2 is 0.594 bits per heavy atom. The molecule has 0 spiro atoms. The first-order chi connectivity index (χ1) is 15.2. The third kappa shape index (κ3) is 4.45. The van der Waals surface area contributed by atoms with E-state index in [0.717, 1.165) is 11.1 Å². The van der Waals surface area contributed by atoms with E-state index in [1.165, 1.54) is 72.8 Å². The molecule has 0 aliphatic rings. The molecule has 4 nitrogen and oxygen atoms in total. The Balaban J connectivity index is 1.60. The van der Waals surface area contributed by atoms with Gasteiger partial charge >= 0.3 is 0 Å². The smallest absolute Gasteiger partial charge is 0.206 e. The minimum absolute atomic E-state index is 0.158. The number of rotatable bonds is 5. The third-order valence-corrected chi connectivity index (χ3v) is 8.99. The van der Waals surface area contributed by atoms with E-state index >= 15 is 0 Å².